The predicted octanol–water partition coefficient (Wildman–Crippen LogP) is 3.09. The van der Waals surface area contributed by atoms with Crippen LogP contribution >= 0.6 is 0 Å². The summed E-state index contributed by atoms with van der Waals surface area (Å²) in [5.74, 6) is -0.391. The summed E-state index contributed by atoms with van der Waals surface area (Å²) in [7, 11) is 0. The van der Waals surface area contributed by atoms with Gasteiger partial charge in [-0.3, -0.25) is 14.8 Å². The molecule has 6 heteroatoms. The van der Waals surface area contributed by atoms with E-state index < -0.39 is 11.5 Å². The smallest absolute Gasteiger partial charge is 0.323 e. The number of hydroxylamine groups is 1. The monoisotopic (exact) mass is 376 g/mol. The van der Waals surface area contributed by atoms with Crippen LogP contribution in [0.4, 0.5) is 0 Å². The van der Waals surface area contributed by atoms with Crippen molar-refractivity contribution in [2.75, 3.05) is 6.54 Å². The first-order valence-electron chi connectivity index (χ1n) is 9.28. The molecule has 150 valence electrons. The molecule has 0 aliphatic rings. The molecule has 0 bridgehead atoms. The van der Waals surface area contributed by atoms with Crippen LogP contribution in [-0.4, -0.2) is 35.3 Å². The average Bonchev–Trinajstić information content (AvgIpc) is 2.58. The molecule has 1 aromatic carbocycles. The Kier molecular flexibility index (Phi) is 9.18. The molecule has 0 saturated heterocycles. The van der Waals surface area contributed by atoms with Gasteiger partial charge in [-0.1, -0.05) is 38.1 Å². The molecule has 3 N–H and O–H groups in total. The maximum absolute atomic E-state index is 12.4. The normalized spacial score (nSPS) is 13.0. The van der Waals surface area contributed by atoms with Crippen molar-refractivity contribution in [3.8, 4) is 0 Å². The SMILES string of the molecule is CC(C)C[C@H](NCCc1ccc(/C=C/C(=O)NO)cc1)C(=O)OC(C)(C)C. The summed E-state index contributed by atoms with van der Waals surface area (Å²) < 4.78 is 5.52. The van der Waals surface area contributed by atoms with Gasteiger partial charge in [-0.25, -0.2) is 5.48 Å². The van der Waals surface area contributed by atoms with Gasteiger partial charge in [0.25, 0.3) is 5.91 Å². The second-order valence-electron chi connectivity index (χ2n) is 7.97. The molecule has 0 fully saturated rings. The van der Waals surface area contributed by atoms with Crippen LogP contribution in [0.15, 0.2) is 30.3 Å². The zero-order chi connectivity index (χ0) is 20.4. The third-order valence-electron chi connectivity index (χ3n) is 3.72. The fourth-order valence-electron chi connectivity index (χ4n) is 2.50. The molecule has 1 aromatic rings. The maximum Gasteiger partial charge on any atom is 0.323 e. The minimum absolute atomic E-state index is 0.209. The van der Waals surface area contributed by atoms with Gasteiger partial charge in [-0.15, -0.1) is 0 Å². The Morgan fingerprint density at radius 1 is 1.19 bits per heavy atom. The molecule has 1 atom stereocenters. The Hall–Kier alpha value is -2.18. The number of ether oxygens (including phenoxy) is 1. The lowest BCUT2D eigenvalue weighted by molar-refractivity contribution is -0.158. The number of amides is 1. The van der Waals surface area contributed by atoms with Crippen molar-refractivity contribution in [1.82, 2.24) is 10.8 Å². The summed E-state index contributed by atoms with van der Waals surface area (Å²) in [6, 6.07) is 7.43. The third kappa shape index (κ3) is 9.92. The molecule has 1 amide bonds. The largest absolute Gasteiger partial charge is 0.459 e. The molecule has 0 aromatic heterocycles. The Morgan fingerprint density at radius 2 is 1.81 bits per heavy atom. The van der Waals surface area contributed by atoms with E-state index in [-0.39, 0.29) is 12.0 Å². The first-order chi connectivity index (χ1) is 12.6. The lowest BCUT2D eigenvalue weighted by atomic mass is 10.0. The van der Waals surface area contributed by atoms with Crippen LogP contribution in [0, 0.1) is 5.92 Å². The summed E-state index contributed by atoms with van der Waals surface area (Å²) in [6.07, 6.45) is 4.38. The van der Waals surface area contributed by atoms with Crippen LogP contribution in [-0.2, 0) is 20.7 Å². The standard InChI is InChI=1S/C21H32N2O4/c1-15(2)14-18(20(25)27-21(3,4)5)22-13-12-17-8-6-16(7-9-17)10-11-19(24)23-26/h6-11,15,18,22,26H,12-14H2,1-5H3,(H,23,24)/b11-10+/t18-/m0/s1. The number of hydrogen-bond donors (Lipinski definition) is 3. The van der Waals surface area contributed by atoms with E-state index in [0.29, 0.717) is 12.5 Å². The molecule has 1 rings (SSSR count). The Labute approximate surface area is 162 Å². The Bertz CT molecular complexity index is 631. The van der Waals surface area contributed by atoms with Gasteiger partial charge in [-0.05, 0) is 63.3 Å². The van der Waals surface area contributed by atoms with Crippen LogP contribution in [0.3, 0.4) is 0 Å². The van der Waals surface area contributed by atoms with Crippen molar-refractivity contribution < 1.29 is 19.5 Å². The highest BCUT2D eigenvalue weighted by Gasteiger charge is 2.25. The molecule has 0 unspecified atom stereocenters. The van der Waals surface area contributed by atoms with Crippen molar-refractivity contribution >= 4 is 18.0 Å². The van der Waals surface area contributed by atoms with Gasteiger partial charge >= 0.3 is 5.97 Å². The number of hydrogen-bond acceptors (Lipinski definition) is 5. The van der Waals surface area contributed by atoms with Gasteiger partial charge in [0.05, 0.1) is 0 Å². The summed E-state index contributed by atoms with van der Waals surface area (Å²) in [5.41, 5.74) is 3.04. The molecule has 0 radical (unpaired) electrons. The minimum atomic E-state index is -0.568. The number of carbonyl (C=O) groups is 2. The van der Waals surface area contributed by atoms with Crippen LogP contribution in [0.2, 0.25) is 0 Å². The second kappa shape index (κ2) is 10.8. The Balaban J connectivity index is 2.58. The maximum atomic E-state index is 12.4. The number of nitrogens with one attached hydrogen (secondary N) is 2. The average molecular weight is 376 g/mol. The van der Waals surface area contributed by atoms with Gasteiger partial charge < -0.3 is 10.1 Å². The summed E-state index contributed by atoms with van der Waals surface area (Å²) in [4.78, 5) is 23.4. The van der Waals surface area contributed by atoms with E-state index in [0.717, 1.165) is 24.0 Å². The van der Waals surface area contributed by atoms with E-state index in [1.807, 2.05) is 45.0 Å². The first kappa shape index (κ1) is 22.9. The quantitative estimate of drug-likeness (QED) is 0.267. The molecule has 0 aliphatic heterocycles. The van der Waals surface area contributed by atoms with Gasteiger partial charge in [-0.2, -0.15) is 0 Å². The topological polar surface area (TPSA) is 87.7 Å². The summed E-state index contributed by atoms with van der Waals surface area (Å²) in [5, 5.41) is 11.8. The highest BCUT2D eigenvalue weighted by atomic mass is 16.6. The minimum Gasteiger partial charge on any atom is -0.459 e. The van der Waals surface area contributed by atoms with E-state index in [1.54, 1.807) is 11.6 Å². The number of rotatable bonds is 9. The number of benzene rings is 1. The lowest BCUT2D eigenvalue weighted by Crippen LogP contribution is -2.42. The fraction of sp³-hybridized carbons (Fsp3) is 0.524. The molecule has 6 nitrogen and oxygen atoms in total. The molecule has 0 spiro atoms. The van der Waals surface area contributed by atoms with Crippen molar-refractivity contribution in [3.63, 3.8) is 0 Å². The second-order valence-corrected chi connectivity index (χ2v) is 7.97. The molecule has 0 aliphatic carbocycles. The molecular formula is C21H32N2O4. The van der Waals surface area contributed by atoms with Crippen molar-refractivity contribution in [2.45, 2.75) is 59.1 Å². The lowest BCUT2D eigenvalue weighted by Gasteiger charge is -2.25. The van der Waals surface area contributed by atoms with Crippen LogP contribution < -0.4 is 10.8 Å². The zero-order valence-corrected chi connectivity index (χ0v) is 16.9. The van der Waals surface area contributed by atoms with Gasteiger partial charge in [0.15, 0.2) is 0 Å². The highest BCUT2D eigenvalue weighted by Crippen LogP contribution is 2.13. The van der Waals surface area contributed by atoms with E-state index in [1.165, 1.54) is 6.08 Å². The van der Waals surface area contributed by atoms with E-state index in [9.17, 15) is 9.59 Å². The van der Waals surface area contributed by atoms with Gasteiger partial charge in [0.1, 0.15) is 11.6 Å². The fourth-order valence-corrected chi connectivity index (χ4v) is 2.50. The molecule has 0 saturated carbocycles. The van der Waals surface area contributed by atoms with Crippen molar-refractivity contribution in [2.24, 2.45) is 5.92 Å². The van der Waals surface area contributed by atoms with E-state index in [4.69, 9.17) is 9.94 Å². The summed E-state index contributed by atoms with van der Waals surface area (Å²) >= 11 is 0. The number of esters is 1. The van der Waals surface area contributed by atoms with Crippen molar-refractivity contribution in [3.05, 3.63) is 41.5 Å². The molecule has 27 heavy (non-hydrogen) atoms. The highest BCUT2D eigenvalue weighted by molar-refractivity contribution is 5.90. The van der Waals surface area contributed by atoms with Gasteiger partial charge in [0.2, 0.25) is 0 Å². The van der Waals surface area contributed by atoms with Crippen LogP contribution in [0.1, 0.15) is 52.2 Å². The first-order valence-corrected chi connectivity index (χ1v) is 9.28. The summed E-state index contributed by atoms with van der Waals surface area (Å²) in [6.45, 7) is 10.5. The van der Waals surface area contributed by atoms with E-state index >= 15 is 0 Å². The van der Waals surface area contributed by atoms with Crippen LogP contribution in [0.5, 0.6) is 0 Å². The zero-order valence-electron chi connectivity index (χ0n) is 16.9. The van der Waals surface area contributed by atoms with Crippen molar-refractivity contribution in [1.29, 1.82) is 0 Å². The number of carbonyl (C=O) groups excluding carboxylic acids is 2. The van der Waals surface area contributed by atoms with E-state index in [2.05, 4.69) is 19.2 Å². The molecular weight excluding hydrogens is 344 g/mol. The van der Waals surface area contributed by atoms with Crippen LogP contribution in [0.25, 0.3) is 6.08 Å². The van der Waals surface area contributed by atoms with Gasteiger partial charge in [0, 0.05) is 6.08 Å². The third-order valence-corrected chi connectivity index (χ3v) is 3.72. The predicted molar refractivity (Wildman–Crippen MR) is 106 cm³/mol. The molecule has 0 heterocycles. The Morgan fingerprint density at radius 3 is 2.33 bits per heavy atom.